The first-order valence-corrected chi connectivity index (χ1v) is 11.8. The van der Waals surface area contributed by atoms with E-state index >= 15 is 0 Å². The van der Waals surface area contributed by atoms with E-state index in [9.17, 15) is 35.1 Å². The Morgan fingerprint density at radius 2 is 1.56 bits per heavy atom. The lowest BCUT2D eigenvalue weighted by Gasteiger charge is -2.24. The molecule has 9 nitrogen and oxygen atoms in total. The first-order valence-electron chi connectivity index (χ1n) is 10.8. The standard InChI is InChI=1S/C26H22N2O7S/c1-2-18-25(35)28(16-5-3-4-15(12-16)24(27)34)26(36-18)14-9-6-13(7-10-14)8-11-17-19(29)21(31)23(33)22(32)20(17)30/h3-7,9-10,12,18,26,29-33H,2H2,1H3,(H2,27,34). The fourth-order valence-electron chi connectivity index (χ4n) is 3.79. The van der Waals surface area contributed by atoms with Crippen LogP contribution in [0.2, 0.25) is 0 Å². The van der Waals surface area contributed by atoms with Gasteiger partial charge in [0, 0.05) is 16.8 Å². The van der Waals surface area contributed by atoms with Gasteiger partial charge in [0.2, 0.25) is 29.1 Å². The molecule has 0 bridgehead atoms. The van der Waals surface area contributed by atoms with Crippen molar-refractivity contribution in [2.24, 2.45) is 5.73 Å². The zero-order valence-corrected chi connectivity index (χ0v) is 19.8. The van der Waals surface area contributed by atoms with Crippen LogP contribution < -0.4 is 10.6 Å². The molecule has 1 heterocycles. The number of nitrogens with zero attached hydrogens (tertiary/aromatic N) is 1. The number of primary amides is 1. The number of anilines is 1. The molecule has 1 aliphatic rings. The molecule has 3 aromatic rings. The van der Waals surface area contributed by atoms with E-state index in [4.69, 9.17) is 5.73 Å². The van der Waals surface area contributed by atoms with Crippen molar-refractivity contribution in [1.29, 1.82) is 0 Å². The summed E-state index contributed by atoms with van der Waals surface area (Å²) in [6.45, 7) is 1.93. The zero-order chi connectivity index (χ0) is 26.1. The molecule has 2 unspecified atom stereocenters. The second kappa shape index (κ2) is 9.64. The summed E-state index contributed by atoms with van der Waals surface area (Å²) in [7, 11) is 0. The molecule has 0 aliphatic carbocycles. The summed E-state index contributed by atoms with van der Waals surface area (Å²) < 4.78 is 0. The Labute approximate surface area is 210 Å². The van der Waals surface area contributed by atoms with Crippen LogP contribution in [0.4, 0.5) is 5.69 Å². The van der Waals surface area contributed by atoms with Gasteiger partial charge in [0.05, 0.1) is 5.25 Å². The van der Waals surface area contributed by atoms with Crippen molar-refractivity contribution in [2.75, 3.05) is 4.90 Å². The average molecular weight is 507 g/mol. The van der Waals surface area contributed by atoms with E-state index in [1.165, 1.54) is 11.8 Å². The van der Waals surface area contributed by atoms with Crippen LogP contribution in [-0.2, 0) is 4.79 Å². The summed E-state index contributed by atoms with van der Waals surface area (Å²) >= 11 is 1.49. The lowest BCUT2D eigenvalue weighted by atomic mass is 10.1. The van der Waals surface area contributed by atoms with Gasteiger partial charge >= 0.3 is 0 Å². The van der Waals surface area contributed by atoms with Crippen LogP contribution in [0.25, 0.3) is 0 Å². The Balaban J connectivity index is 1.66. The first kappa shape index (κ1) is 24.6. The van der Waals surface area contributed by atoms with Crippen molar-refractivity contribution >= 4 is 29.3 Å². The number of amides is 2. The van der Waals surface area contributed by atoms with Gasteiger partial charge in [-0.15, -0.1) is 11.8 Å². The highest BCUT2D eigenvalue weighted by Gasteiger charge is 2.41. The summed E-state index contributed by atoms with van der Waals surface area (Å²) in [6.07, 6.45) is 0.634. The third-order valence-electron chi connectivity index (χ3n) is 5.72. The second-order valence-corrected chi connectivity index (χ2v) is 9.29. The van der Waals surface area contributed by atoms with Crippen LogP contribution in [0.5, 0.6) is 28.7 Å². The van der Waals surface area contributed by atoms with E-state index in [1.807, 2.05) is 6.92 Å². The second-order valence-electron chi connectivity index (χ2n) is 8.00. The van der Waals surface area contributed by atoms with Crippen LogP contribution in [0.1, 0.15) is 45.8 Å². The Kier molecular flexibility index (Phi) is 6.59. The van der Waals surface area contributed by atoms with Gasteiger partial charge < -0.3 is 31.3 Å². The molecule has 0 saturated carbocycles. The minimum atomic E-state index is -1.06. The van der Waals surface area contributed by atoms with Crippen molar-refractivity contribution in [3.63, 3.8) is 0 Å². The number of carbonyl (C=O) groups is 2. The van der Waals surface area contributed by atoms with Gasteiger partial charge in [0.1, 0.15) is 10.9 Å². The molecule has 2 atom stereocenters. The number of phenols is 5. The third-order valence-corrected chi connectivity index (χ3v) is 7.32. The fraction of sp³-hybridized carbons (Fsp3) is 0.154. The highest BCUT2D eigenvalue weighted by Crippen LogP contribution is 2.50. The molecule has 1 aliphatic heterocycles. The summed E-state index contributed by atoms with van der Waals surface area (Å²) in [6, 6.07) is 13.5. The highest BCUT2D eigenvalue weighted by atomic mass is 32.2. The van der Waals surface area contributed by atoms with Crippen LogP contribution in [0.15, 0.2) is 48.5 Å². The molecule has 36 heavy (non-hydrogen) atoms. The Morgan fingerprint density at radius 1 is 0.944 bits per heavy atom. The fourth-order valence-corrected chi connectivity index (χ4v) is 5.18. The first-order chi connectivity index (χ1) is 17.1. The minimum Gasteiger partial charge on any atom is -0.503 e. The summed E-state index contributed by atoms with van der Waals surface area (Å²) in [5.41, 5.74) is 7.11. The van der Waals surface area contributed by atoms with Crippen molar-refractivity contribution < 1.29 is 35.1 Å². The van der Waals surface area contributed by atoms with Crippen molar-refractivity contribution in [3.8, 4) is 40.6 Å². The lowest BCUT2D eigenvalue weighted by Crippen LogP contribution is -2.31. The number of rotatable bonds is 4. The molecule has 0 spiro atoms. The molecular weight excluding hydrogens is 484 g/mol. The van der Waals surface area contributed by atoms with E-state index in [0.29, 0.717) is 23.2 Å². The Hall–Kier alpha value is -4.49. The topological polar surface area (TPSA) is 165 Å². The van der Waals surface area contributed by atoms with Crippen LogP contribution in [0.3, 0.4) is 0 Å². The smallest absolute Gasteiger partial charge is 0.248 e. The van der Waals surface area contributed by atoms with Crippen molar-refractivity contribution in [3.05, 3.63) is 70.8 Å². The summed E-state index contributed by atoms with van der Waals surface area (Å²) in [5, 5.41) is 48.2. The Morgan fingerprint density at radius 3 is 2.14 bits per heavy atom. The van der Waals surface area contributed by atoms with E-state index in [0.717, 1.165) is 5.56 Å². The van der Waals surface area contributed by atoms with Crippen molar-refractivity contribution in [2.45, 2.75) is 24.0 Å². The number of aromatic hydroxyl groups is 5. The highest BCUT2D eigenvalue weighted by molar-refractivity contribution is 8.01. The molecule has 1 fully saturated rings. The number of thioether (sulfide) groups is 1. The molecule has 10 heteroatoms. The van der Waals surface area contributed by atoms with Gasteiger partial charge in [0.25, 0.3) is 0 Å². The molecule has 7 N–H and O–H groups in total. The zero-order valence-electron chi connectivity index (χ0n) is 19.0. The molecule has 1 saturated heterocycles. The average Bonchev–Trinajstić information content (AvgIpc) is 3.22. The molecule has 0 radical (unpaired) electrons. The van der Waals surface area contributed by atoms with Gasteiger partial charge in [-0.3, -0.25) is 14.5 Å². The lowest BCUT2D eigenvalue weighted by molar-refractivity contribution is -0.117. The minimum absolute atomic E-state index is 0.0733. The largest absolute Gasteiger partial charge is 0.503 e. The molecule has 184 valence electrons. The van der Waals surface area contributed by atoms with Gasteiger partial charge in [0.15, 0.2) is 11.5 Å². The maximum absolute atomic E-state index is 13.1. The predicted octanol–water partition coefficient (Wildman–Crippen LogP) is 3.27. The van der Waals surface area contributed by atoms with Crippen molar-refractivity contribution in [1.82, 2.24) is 0 Å². The van der Waals surface area contributed by atoms with Gasteiger partial charge in [-0.25, -0.2) is 0 Å². The monoisotopic (exact) mass is 506 g/mol. The normalized spacial score (nSPS) is 17.0. The summed E-state index contributed by atoms with van der Waals surface area (Å²) in [5.74, 6) is -0.267. The number of hydrogen-bond donors (Lipinski definition) is 6. The molecule has 4 rings (SSSR count). The van der Waals surface area contributed by atoms with E-state index in [-0.39, 0.29) is 16.5 Å². The molecule has 0 aromatic heterocycles. The number of carbonyl (C=O) groups excluding carboxylic acids is 2. The maximum Gasteiger partial charge on any atom is 0.248 e. The molecular formula is C26H22N2O7S. The van der Waals surface area contributed by atoms with Crippen LogP contribution in [-0.4, -0.2) is 42.6 Å². The van der Waals surface area contributed by atoms with Gasteiger partial charge in [-0.1, -0.05) is 37.0 Å². The number of hydrogen-bond acceptors (Lipinski definition) is 8. The summed E-state index contributed by atoms with van der Waals surface area (Å²) in [4.78, 5) is 26.4. The number of benzene rings is 3. The van der Waals surface area contributed by atoms with Crippen LogP contribution in [0, 0.1) is 11.8 Å². The van der Waals surface area contributed by atoms with E-state index in [2.05, 4.69) is 11.8 Å². The van der Waals surface area contributed by atoms with Gasteiger partial charge in [-0.2, -0.15) is 0 Å². The Bertz CT molecular complexity index is 1400. The SMILES string of the molecule is CCC1SC(c2ccc(C#Cc3c(O)c(O)c(O)c(O)c3O)cc2)N(c2cccc(C(N)=O)c2)C1=O. The number of phenolic OH excluding ortho intramolecular Hbond substituents is 5. The third kappa shape index (κ3) is 4.32. The van der Waals surface area contributed by atoms with Crippen LogP contribution >= 0.6 is 11.8 Å². The molecule has 2 amide bonds. The van der Waals surface area contributed by atoms with E-state index < -0.39 is 40.2 Å². The maximum atomic E-state index is 13.1. The predicted molar refractivity (Wildman–Crippen MR) is 134 cm³/mol. The number of nitrogens with two attached hydrogens (primary N) is 1. The quantitative estimate of drug-likeness (QED) is 0.178. The molecule has 3 aromatic carbocycles. The van der Waals surface area contributed by atoms with Gasteiger partial charge in [-0.05, 0) is 42.3 Å². The van der Waals surface area contributed by atoms with E-state index in [1.54, 1.807) is 53.4 Å².